The number of carbonyl (C=O) groups is 1. The molecule has 3 aromatic rings. The number of fused-ring (bicyclic) bond motifs is 1. The molecule has 0 radical (unpaired) electrons. The van der Waals surface area contributed by atoms with Crippen molar-refractivity contribution in [1.82, 2.24) is 25.5 Å². The number of aromatic amines is 1. The number of nitrogens with one attached hydrogen (secondary N) is 3. The molecule has 11 heteroatoms. The van der Waals surface area contributed by atoms with Crippen LogP contribution >= 0.6 is 0 Å². The third kappa shape index (κ3) is 5.53. The lowest BCUT2D eigenvalue weighted by Crippen LogP contribution is -2.33. The normalized spacial score (nSPS) is 15.9. The number of carbonyl (C=O) groups excluding carboxylic acids is 1. The van der Waals surface area contributed by atoms with Crippen LogP contribution in [0.1, 0.15) is 37.6 Å². The van der Waals surface area contributed by atoms with Crippen molar-refractivity contribution in [3.63, 3.8) is 0 Å². The van der Waals surface area contributed by atoms with Crippen molar-refractivity contribution in [2.24, 2.45) is 0 Å². The molecule has 8 nitrogen and oxygen atoms in total. The van der Waals surface area contributed by atoms with E-state index in [4.69, 9.17) is 4.74 Å². The van der Waals surface area contributed by atoms with Gasteiger partial charge >= 0.3 is 6.18 Å². The summed E-state index contributed by atoms with van der Waals surface area (Å²) < 4.78 is 46.5. The van der Waals surface area contributed by atoms with Gasteiger partial charge in [-0.2, -0.15) is 18.3 Å². The summed E-state index contributed by atoms with van der Waals surface area (Å²) in [5.74, 6) is -0.386. The smallest absolute Gasteiger partial charge is 0.421 e. The molecule has 1 atom stereocenters. The molecule has 0 bridgehead atoms. The minimum absolute atomic E-state index is 0.0135. The number of halogens is 3. The average Bonchev–Trinajstić information content (AvgIpc) is 3.25. The minimum atomic E-state index is -4.64. The zero-order valence-corrected chi connectivity index (χ0v) is 18.5. The SMILES string of the molecule is CC(C)NC(=O)COC1=CC(c2ncc(C(F)(F)F)c(Nc3ccc4[nH]ncc4c3)n2)CC=C1. The summed E-state index contributed by atoms with van der Waals surface area (Å²) in [6.07, 6.45) is 3.43. The highest BCUT2D eigenvalue weighted by Crippen LogP contribution is 2.36. The number of benzene rings is 1. The largest absolute Gasteiger partial charge is 0.484 e. The van der Waals surface area contributed by atoms with E-state index >= 15 is 0 Å². The van der Waals surface area contributed by atoms with Gasteiger partial charge in [-0.05, 0) is 50.6 Å². The van der Waals surface area contributed by atoms with Gasteiger partial charge in [-0.1, -0.05) is 6.08 Å². The summed E-state index contributed by atoms with van der Waals surface area (Å²) in [5, 5.41) is 13.0. The fourth-order valence-electron chi connectivity index (χ4n) is 3.48. The molecule has 1 unspecified atom stereocenters. The molecule has 1 aliphatic rings. The van der Waals surface area contributed by atoms with Crippen LogP contribution in [0.15, 0.2) is 54.6 Å². The molecule has 0 saturated heterocycles. The maximum Gasteiger partial charge on any atom is 0.421 e. The number of aromatic nitrogens is 4. The van der Waals surface area contributed by atoms with Gasteiger partial charge in [0.1, 0.15) is 23.0 Å². The van der Waals surface area contributed by atoms with Gasteiger partial charge < -0.3 is 15.4 Å². The molecule has 0 fully saturated rings. The van der Waals surface area contributed by atoms with Crippen LogP contribution in [-0.2, 0) is 15.7 Å². The van der Waals surface area contributed by atoms with Crippen LogP contribution in [-0.4, -0.2) is 38.7 Å². The van der Waals surface area contributed by atoms with Crippen molar-refractivity contribution in [2.75, 3.05) is 11.9 Å². The Bertz CT molecular complexity index is 1250. The summed E-state index contributed by atoms with van der Waals surface area (Å²) in [6, 6.07) is 5.02. The second kappa shape index (κ2) is 9.54. The van der Waals surface area contributed by atoms with Crippen LogP contribution in [0.2, 0.25) is 0 Å². The molecular formula is C23H23F3N6O2. The monoisotopic (exact) mass is 472 g/mol. The maximum absolute atomic E-state index is 13.6. The Morgan fingerprint density at radius 1 is 1.29 bits per heavy atom. The van der Waals surface area contributed by atoms with E-state index < -0.39 is 17.7 Å². The van der Waals surface area contributed by atoms with Gasteiger partial charge in [0.15, 0.2) is 6.61 Å². The number of rotatable bonds is 7. The number of allylic oxidation sites excluding steroid dienone is 3. The second-order valence-electron chi connectivity index (χ2n) is 8.11. The van der Waals surface area contributed by atoms with Crippen molar-refractivity contribution in [3.05, 3.63) is 66.0 Å². The van der Waals surface area contributed by atoms with Crippen molar-refractivity contribution >= 4 is 28.3 Å². The van der Waals surface area contributed by atoms with Gasteiger partial charge in [-0.3, -0.25) is 9.89 Å². The van der Waals surface area contributed by atoms with Crippen LogP contribution in [0.5, 0.6) is 0 Å². The fraction of sp³-hybridized carbons (Fsp3) is 0.304. The molecular weight excluding hydrogens is 449 g/mol. The summed E-state index contributed by atoms with van der Waals surface area (Å²) in [7, 11) is 0. The van der Waals surface area contributed by atoms with Gasteiger partial charge in [0.2, 0.25) is 0 Å². The number of nitrogens with zero attached hydrogens (tertiary/aromatic N) is 3. The standard InChI is InChI=1S/C23H23F3N6O2/c1-13(2)29-20(33)12-34-17-5-3-4-14(9-17)21-27-11-18(23(24,25)26)22(31-21)30-16-6-7-19-15(8-16)10-28-32-19/h3,5-11,13-14H,4,12H2,1-2H3,(H,28,32)(H,29,33)(H,27,30,31). The highest BCUT2D eigenvalue weighted by molar-refractivity contribution is 5.82. The third-order valence-corrected chi connectivity index (χ3v) is 5.00. The van der Waals surface area contributed by atoms with Crippen LogP contribution in [0.4, 0.5) is 24.7 Å². The molecule has 4 rings (SSSR count). The summed E-state index contributed by atoms with van der Waals surface area (Å²) in [4.78, 5) is 20.0. The van der Waals surface area contributed by atoms with Crippen molar-refractivity contribution in [3.8, 4) is 0 Å². The molecule has 2 aromatic heterocycles. The van der Waals surface area contributed by atoms with E-state index in [0.29, 0.717) is 17.9 Å². The molecule has 2 heterocycles. The zero-order chi connectivity index (χ0) is 24.3. The molecule has 0 spiro atoms. The second-order valence-corrected chi connectivity index (χ2v) is 8.11. The minimum Gasteiger partial charge on any atom is -0.484 e. The Hall–Kier alpha value is -3.89. The molecule has 1 aromatic carbocycles. The number of anilines is 2. The first-order valence-electron chi connectivity index (χ1n) is 10.6. The van der Waals surface area contributed by atoms with Crippen molar-refractivity contribution in [2.45, 2.75) is 38.4 Å². The van der Waals surface area contributed by atoms with Gasteiger partial charge in [-0.15, -0.1) is 0 Å². The fourth-order valence-corrected chi connectivity index (χ4v) is 3.48. The quantitative estimate of drug-likeness (QED) is 0.465. The average molecular weight is 472 g/mol. The highest BCUT2D eigenvalue weighted by atomic mass is 19.4. The van der Waals surface area contributed by atoms with Gasteiger partial charge in [0.25, 0.3) is 5.91 Å². The van der Waals surface area contributed by atoms with Crippen LogP contribution < -0.4 is 10.6 Å². The van der Waals surface area contributed by atoms with E-state index in [9.17, 15) is 18.0 Å². The lowest BCUT2D eigenvalue weighted by atomic mass is 9.99. The van der Waals surface area contributed by atoms with E-state index in [0.717, 1.165) is 17.1 Å². The molecule has 34 heavy (non-hydrogen) atoms. The molecule has 0 aliphatic heterocycles. The predicted octanol–water partition coefficient (Wildman–Crippen LogP) is 4.58. The molecule has 3 N–H and O–H groups in total. The molecule has 1 aliphatic carbocycles. The van der Waals surface area contributed by atoms with E-state index in [1.807, 2.05) is 13.8 Å². The lowest BCUT2D eigenvalue weighted by molar-refractivity contribution is -0.137. The third-order valence-electron chi connectivity index (χ3n) is 5.00. The number of hydrogen-bond acceptors (Lipinski definition) is 6. The van der Waals surface area contributed by atoms with Gasteiger partial charge in [0, 0.05) is 29.2 Å². The highest BCUT2D eigenvalue weighted by Gasteiger charge is 2.36. The van der Waals surface area contributed by atoms with E-state index in [1.165, 1.54) is 0 Å². The molecule has 178 valence electrons. The predicted molar refractivity (Wildman–Crippen MR) is 120 cm³/mol. The first kappa shape index (κ1) is 23.3. The number of amides is 1. The molecule has 1 amide bonds. The lowest BCUT2D eigenvalue weighted by Gasteiger charge is -2.19. The first-order valence-corrected chi connectivity index (χ1v) is 10.6. The Balaban J connectivity index is 1.58. The Labute approximate surface area is 193 Å². The van der Waals surface area contributed by atoms with Crippen molar-refractivity contribution < 1.29 is 22.7 Å². The van der Waals surface area contributed by atoms with Crippen LogP contribution in [0.25, 0.3) is 10.9 Å². The van der Waals surface area contributed by atoms with Crippen LogP contribution in [0, 0.1) is 0 Å². The number of H-pyrrole nitrogens is 1. The molecule has 0 saturated carbocycles. The number of hydrogen-bond donors (Lipinski definition) is 3. The maximum atomic E-state index is 13.6. The van der Waals surface area contributed by atoms with Gasteiger partial charge in [-0.25, -0.2) is 9.97 Å². The number of alkyl halides is 3. The summed E-state index contributed by atoms with van der Waals surface area (Å²) in [5.41, 5.74) is 0.225. The Morgan fingerprint density at radius 3 is 2.88 bits per heavy atom. The Kier molecular flexibility index (Phi) is 6.53. The summed E-state index contributed by atoms with van der Waals surface area (Å²) >= 11 is 0. The van der Waals surface area contributed by atoms with E-state index in [-0.39, 0.29) is 30.2 Å². The topological polar surface area (TPSA) is 105 Å². The summed E-state index contributed by atoms with van der Waals surface area (Å²) in [6.45, 7) is 3.52. The zero-order valence-electron chi connectivity index (χ0n) is 18.5. The number of ether oxygens (including phenoxy) is 1. The van der Waals surface area contributed by atoms with E-state index in [1.54, 1.807) is 42.6 Å². The van der Waals surface area contributed by atoms with Gasteiger partial charge in [0.05, 0.1) is 11.7 Å². The first-order chi connectivity index (χ1) is 16.2. The Morgan fingerprint density at radius 2 is 2.12 bits per heavy atom. The van der Waals surface area contributed by atoms with Crippen LogP contribution in [0.3, 0.4) is 0 Å². The van der Waals surface area contributed by atoms with E-state index in [2.05, 4.69) is 30.8 Å². The van der Waals surface area contributed by atoms with Crippen molar-refractivity contribution in [1.29, 1.82) is 0 Å².